The largest absolute Gasteiger partial charge is 0.381 e. The lowest BCUT2D eigenvalue weighted by molar-refractivity contribution is -0.0304. The van der Waals surface area contributed by atoms with E-state index in [9.17, 15) is 0 Å². The van der Waals surface area contributed by atoms with Crippen LogP contribution in [0.3, 0.4) is 0 Å². The molecule has 1 saturated heterocycles. The maximum atomic E-state index is 5.64. The van der Waals surface area contributed by atoms with Gasteiger partial charge in [-0.2, -0.15) is 0 Å². The SMILES string of the molecule is CCNCCOC1CCOCC1. The van der Waals surface area contributed by atoms with Crippen molar-refractivity contribution in [1.29, 1.82) is 0 Å². The Balaban J connectivity index is 1.91. The van der Waals surface area contributed by atoms with Crippen LogP contribution in [0.1, 0.15) is 19.8 Å². The Hall–Kier alpha value is -0.120. The van der Waals surface area contributed by atoms with E-state index in [4.69, 9.17) is 9.47 Å². The van der Waals surface area contributed by atoms with Crippen LogP contribution < -0.4 is 5.32 Å². The van der Waals surface area contributed by atoms with E-state index in [1.807, 2.05) is 0 Å². The van der Waals surface area contributed by atoms with Gasteiger partial charge >= 0.3 is 0 Å². The van der Waals surface area contributed by atoms with E-state index in [0.29, 0.717) is 6.10 Å². The van der Waals surface area contributed by atoms with Gasteiger partial charge in [-0.3, -0.25) is 0 Å². The van der Waals surface area contributed by atoms with Crippen molar-refractivity contribution >= 4 is 0 Å². The first-order valence-electron chi connectivity index (χ1n) is 4.83. The highest BCUT2D eigenvalue weighted by Gasteiger charge is 2.12. The number of hydrogen-bond donors (Lipinski definition) is 1. The first-order chi connectivity index (χ1) is 5.93. The summed E-state index contributed by atoms with van der Waals surface area (Å²) >= 11 is 0. The van der Waals surface area contributed by atoms with Crippen molar-refractivity contribution in [2.45, 2.75) is 25.9 Å². The van der Waals surface area contributed by atoms with Crippen LogP contribution >= 0.6 is 0 Å². The summed E-state index contributed by atoms with van der Waals surface area (Å²) in [5.74, 6) is 0. The monoisotopic (exact) mass is 173 g/mol. The van der Waals surface area contributed by atoms with Gasteiger partial charge < -0.3 is 14.8 Å². The van der Waals surface area contributed by atoms with E-state index < -0.39 is 0 Å². The first kappa shape index (κ1) is 9.96. The normalized spacial score (nSPS) is 19.8. The van der Waals surface area contributed by atoms with E-state index in [0.717, 1.165) is 45.8 Å². The van der Waals surface area contributed by atoms with Crippen molar-refractivity contribution in [2.75, 3.05) is 32.9 Å². The Labute approximate surface area is 74.4 Å². The summed E-state index contributed by atoms with van der Waals surface area (Å²) in [4.78, 5) is 0. The third-order valence-electron chi connectivity index (χ3n) is 2.05. The zero-order chi connectivity index (χ0) is 8.65. The van der Waals surface area contributed by atoms with Gasteiger partial charge in [0.1, 0.15) is 0 Å². The first-order valence-corrected chi connectivity index (χ1v) is 4.83. The summed E-state index contributed by atoms with van der Waals surface area (Å²) in [6, 6.07) is 0. The molecule has 0 aromatic rings. The van der Waals surface area contributed by atoms with Crippen LogP contribution in [0.5, 0.6) is 0 Å². The minimum Gasteiger partial charge on any atom is -0.381 e. The van der Waals surface area contributed by atoms with Crippen LogP contribution in [-0.4, -0.2) is 39.0 Å². The molecule has 1 aliphatic heterocycles. The molecule has 3 heteroatoms. The Morgan fingerprint density at radius 1 is 1.42 bits per heavy atom. The lowest BCUT2D eigenvalue weighted by atomic mass is 10.2. The lowest BCUT2D eigenvalue weighted by Crippen LogP contribution is -2.27. The van der Waals surface area contributed by atoms with Crippen molar-refractivity contribution in [2.24, 2.45) is 0 Å². The van der Waals surface area contributed by atoms with Crippen LogP contribution in [0.15, 0.2) is 0 Å². The average Bonchev–Trinajstić information content (AvgIpc) is 2.14. The highest BCUT2D eigenvalue weighted by molar-refractivity contribution is 4.62. The Morgan fingerprint density at radius 3 is 2.83 bits per heavy atom. The molecule has 1 heterocycles. The number of nitrogens with one attached hydrogen (secondary N) is 1. The van der Waals surface area contributed by atoms with Crippen molar-refractivity contribution in [3.8, 4) is 0 Å². The smallest absolute Gasteiger partial charge is 0.0619 e. The Kier molecular flexibility index (Phi) is 5.32. The van der Waals surface area contributed by atoms with Crippen LogP contribution in [0.2, 0.25) is 0 Å². The molecular weight excluding hydrogens is 154 g/mol. The minimum atomic E-state index is 0.442. The molecule has 12 heavy (non-hydrogen) atoms. The molecular formula is C9H19NO2. The van der Waals surface area contributed by atoms with Gasteiger partial charge in [0, 0.05) is 19.8 Å². The fraction of sp³-hybridized carbons (Fsp3) is 1.00. The van der Waals surface area contributed by atoms with E-state index in [1.54, 1.807) is 0 Å². The van der Waals surface area contributed by atoms with E-state index in [-0.39, 0.29) is 0 Å². The van der Waals surface area contributed by atoms with Gasteiger partial charge in [0.25, 0.3) is 0 Å². The third kappa shape index (κ3) is 4.04. The predicted octanol–water partition coefficient (Wildman–Crippen LogP) is 0.791. The molecule has 0 bridgehead atoms. The van der Waals surface area contributed by atoms with Crippen LogP contribution in [0.4, 0.5) is 0 Å². The fourth-order valence-electron chi connectivity index (χ4n) is 1.32. The topological polar surface area (TPSA) is 30.5 Å². The standard InChI is InChI=1S/C9H19NO2/c1-2-10-5-8-12-9-3-6-11-7-4-9/h9-10H,2-8H2,1H3. The molecule has 0 saturated carbocycles. The second-order valence-electron chi connectivity index (χ2n) is 3.04. The minimum absolute atomic E-state index is 0.442. The highest BCUT2D eigenvalue weighted by Crippen LogP contribution is 2.09. The maximum absolute atomic E-state index is 5.64. The van der Waals surface area contributed by atoms with Gasteiger partial charge in [-0.1, -0.05) is 6.92 Å². The van der Waals surface area contributed by atoms with Gasteiger partial charge in [-0.25, -0.2) is 0 Å². The molecule has 0 unspecified atom stereocenters. The molecule has 1 rings (SSSR count). The summed E-state index contributed by atoms with van der Waals surface area (Å²) in [6.45, 7) is 6.66. The molecule has 0 aliphatic carbocycles. The summed E-state index contributed by atoms with van der Waals surface area (Å²) in [7, 11) is 0. The molecule has 0 atom stereocenters. The molecule has 0 radical (unpaired) electrons. The second-order valence-corrected chi connectivity index (χ2v) is 3.04. The van der Waals surface area contributed by atoms with Crippen molar-refractivity contribution in [1.82, 2.24) is 5.32 Å². The zero-order valence-corrected chi connectivity index (χ0v) is 7.84. The summed E-state index contributed by atoms with van der Waals surface area (Å²) in [6.07, 6.45) is 2.57. The molecule has 1 aliphatic rings. The van der Waals surface area contributed by atoms with Gasteiger partial charge in [0.05, 0.1) is 12.7 Å². The van der Waals surface area contributed by atoms with Gasteiger partial charge in [-0.15, -0.1) is 0 Å². The van der Waals surface area contributed by atoms with Crippen LogP contribution in [0.25, 0.3) is 0 Å². The summed E-state index contributed by atoms with van der Waals surface area (Å²) < 4.78 is 10.9. The predicted molar refractivity (Wildman–Crippen MR) is 48.3 cm³/mol. The molecule has 0 aromatic heterocycles. The highest BCUT2D eigenvalue weighted by atomic mass is 16.5. The molecule has 0 amide bonds. The van der Waals surface area contributed by atoms with Gasteiger partial charge in [0.2, 0.25) is 0 Å². The van der Waals surface area contributed by atoms with E-state index in [1.165, 1.54) is 0 Å². The van der Waals surface area contributed by atoms with Crippen molar-refractivity contribution in [3.63, 3.8) is 0 Å². The molecule has 1 N–H and O–H groups in total. The van der Waals surface area contributed by atoms with Crippen molar-refractivity contribution < 1.29 is 9.47 Å². The quantitative estimate of drug-likeness (QED) is 0.624. The molecule has 1 fully saturated rings. The van der Waals surface area contributed by atoms with E-state index in [2.05, 4.69) is 12.2 Å². The molecule has 0 aromatic carbocycles. The van der Waals surface area contributed by atoms with Crippen LogP contribution in [-0.2, 0) is 9.47 Å². The Bertz CT molecular complexity index is 103. The van der Waals surface area contributed by atoms with Gasteiger partial charge in [-0.05, 0) is 19.4 Å². The lowest BCUT2D eigenvalue weighted by Gasteiger charge is -2.22. The number of hydrogen-bond acceptors (Lipinski definition) is 3. The zero-order valence-electron chi connectivity index (χ0n) is 7.84. The van der Waals surface area contributed by atoms with Crippen LogP contribution in [0, 0.1) is 0 Å². The summed E-state index contributed by atoms with van der Waals surface area (Å²) in [5, 5.41) is 3.23. The third-order valence-corrected chi connectivity index (χ3v) is 2.05. The average molecular weight is 173 g/mol. The molecule has 3 nitrogen and oxygen atoms in total. The molecule has 72 valence electrons. The Morgan fingerprint density at radius 2 is 2.17 bits per heavy atom. The maximum Gasteiger partial charge on any atom is 0.0619 e. The number of likely N-dealkylation sites (N-methyl/N-ethyl adjacent to an activating group) is 1. The summed E-state index contributed by atoms with van der Waals surface area (Å²) in [5.41, 5.74) is 0. The number of ether oxygens (including phenoxy) is 2. The van der Waals surface area contributed by atoms with Crippen molar-refractivity contribution in [3.05, 3.63) is 0 Å². The molecule has 0 spiro atoms. The van der Waals surface area contributed by atoms with E-state index >= 15 is 0 Å². The van der Waals surface area contributed by atoms with Gasteiger partial charge in [0.15, 0.2) is 0 Å². The second kappa shape index (κ2) is 6.40. The fourth-order valence-corrected chi connectivity index (χ4v) is 1.32. The number of rotatable bonds is 5.